The number of hydrogen-bond acceptors (Lipinski definition) is 3. The first kappa shape index (κ1) is 76.0. The minimum absolute atomic E-state index is 0. The molecule has 0 amide bonds. The van der Waals surface area contributed by atoms with Crippen LogP contribution in [0, 0.1) is 0 Å². The van der Waals surface area contributed by atoms with E-state index in [1.807, 2.05) is 0 Å². The van der Waals surface area contributed by atoms with Crippen LogP contribution in [0.25, 0.3) is 0 Å². The summed E-state index contributed by atoms with van der Waals surface area (Å²) in [7, 11) is 2.00. The Balaban J connectivity index is -0.00000000167. The van der Waals surface area contributed by atoms with Crippen molar-refractivity contribution in [3.05, 3.63) is 0 Å². The van der Waals surface area contributed by atoms with Gasteiger partial charge < -0.3 is 27.3 Å². The van der Waals surface area contributed by atoms with Crippen LogP contribution in [-0.2, 0) is 21.7 Å². The molecule has 8 heavy (non-hydrogen) atoms. The Bertz CT molecular complexity index is 14.0. The Kier molecular flexibility index (Phi) is 11500. The van der Waals surface area contributed by atoms with Gasteiger partial charge in [-0.25, -0.2) is 0 Å². The molecular weight excluding hydrogens is 150 g/mol. The maximum Gasteiger partial charge on any atom is 0.0319 e. The van der Waals surface area contributed by atoms with E-state index in [1.165, 1.54) is 0 Å². The van der Waals surface area contributed by atoms with Crippen molar-refractivity contribution in [3.8, 4) is 0 Å². The zero-order valence-corrected chi connectivity index (χ0v) is 6.66. The van der Waals surface area contributed by atoms with Crippen LogP contribution in [0.3, 0.4) is 0 Å². The molecule has 0 aliphatic rings. The molecular formula is C2H15NO4Ti. The van der Waals surface area contributed by atoms with E-state index in [1.54, 1.807) is 0 Å². The molecule has 0 unspecified atom stereocenters. The molecule has 0 heterocycles. The van der Waals surface area contributed by atoms with Gasteiger partial charge in [-0.3, -0.25) is 0 Å². The van der Waals surface area contributed by atoms with Crippen LogP contribution < -0.4 is 6.15 Å². The molecule has 6 heteroatoms. The average Bonchev–Trinajstić information content (AvgIpc) is 1.50. The Hall–Kier alpha value is 0.514. The van der Waals surface area contributed by atoms with Crippen molar-refractivity contribution in [1.82, 2.24) is 6.15 Å². The summed E-state index contributed by atoms with van der Waals surface area (Å²) in [6.07, 6.45) is 0. The number of aliphatic hydroxyl groups is 2. The number of aliphatic hydroxyl groups excluding tert-OH is 2. The maximum absolute atomic E-state index is 7.00. The number of hydrogen-bond donors (Lipinski definition) is 3. The van der Waals surface area contributed by atoms with Gasteiger partial charge in [0.2, 0.25) is 0 Å². The summed E-state index contributed by atoms with van der Waals surface area (Å²) >= 11 is 0. The van der Waals surface area contributed by atoms with Gasteiger partial charge in [-0.15, -0.1) is 0 Å². The van der Waals surface area contributed by atoms with Crippen molar-refractivity contribution in [2.75, 3.05) is 14.2 Å². The van der Waals surface area contributed by atoms with E-state index in [0.717, 1.165) is 14.2 Å². The predicted molar refractivity (Wildman–Crippen MR) is 28.5 cm³/mol. The molecule has 0 spiro atoms. The second-order valence-electron chi connectivity index (χ2n) is 0. The SMILES string of the molecule is CO.CO.N.O.O.[Ti]. The molecule has 0 aromatic rings. The fourth-order valence-corrected chi connectivity index (χ4v) is 0. The van der Waals surface area contributed by atoms with Crippen molar-refractivity contribution in [1.29, 1.82) is 0 Å². The smallest absolute Gasteiger partial charge is 0.0319 e. The van der Waals surface area contributed by atoms with E-state index in [0.29, 0.717) is 0 Å². The monoisotopic (exact) mass is 165 g/mol. The Labute approximate surface area is 63.8 Å². The van der Waals surface area contributed by atoms with Gasteiger partial charge in [-0.05, 0) is 0 Å². The van der Waals surface area contributed by atoms with E-state index >= 15 is 0 Å². The third-order valence-electron chi connectivity index (χ3n) is 0. The van der Waals surface area contributed by atoms with Crippen molar-refractivity contribution in [2.24, 2.45) is 0 Å². The third kappa shape index (κ3) is 749. The predicted octanol–water partition coefficient (Wildman–Crippen LogP) is -2.27. The van der Waals surface area contributed by atoms with E-state index in [-0.39, 0.29) is 38.8 Å². The molecule has 0 aromatic heterocycles. The van der Waals surface area contributed by atoms with Crippen molar-refractivity contribution in [3.63, 3.8) is 0 Å². The van der Waals surface area contributed by atoms with Crippen molar-refractivity contribution >= 4 is 0 Å². The fraction of sp³-hybridized carbons (Fsp3) is 1.00. The molecule has 0 radical (unpaired) electrons. The van der Waals surface area contributed by atoms with Crippen LogP contribution in [0.15, 0.2) is 0 Å². The van der Waals surface area contributed by atoms with Gasteiger partial charge in [0.25, 0.3) is 0 Å². The molecule has 0 aliphatic heterocycles. The minimum Gasteiger partial charge on any atom is -0.412 e. The van der Waals surface area contributed by atoms with Crippen LogP contribution in [-0.4, -0.2) is 35.4 Å². The molecule has 0 atom stereocenters. The van der Waals surface area contributed by atoms with Crippen LogP contribution in [0.2, 0.25) is 0 Å². The van der Waals surface area contributed by atoms with Crippen molar-refractivity contribution in [2.45, 2.75) is 0 Å². The fourth-order valence-electron chi connectivity index (χ4n) is 0. The van der Waals surface area contributed by atoms with Gasteiger partial charge in [0.05, 0.1) is 0 Å². The summed E-state index contributed by atoms with van der Waals surface area (Å²) in [5, 5.41) is 14.0. The third-order valence-corrected chi connectivity index (χ3v) is 0. The minimum atomic E-state index is 0. The Morgan fingerprint density at radius 3 is 0.750 bits per heavy atom. The van der Waals surface area contributed by atoms with Crippen LogP contribution in [0.5, 0.6) is 0 Å². The zero-order chi connectivity index (χ0) is 4.00. The molecule has 0 rings (SSSR count). The van der Waals surface area contributed by atoms with E-state index in [4.69, 9.17) is 10.2 Å². The number of rotatable bonds is 0. The summed E-state index contributed by atoms with van der Waals surface area (Å²) in [5.74, 6) is 0. The van der Waals surface area contributed by atoms with Crippen LogP contribution >= 0.6 is 0 Å². The standard InChI is InChI=1S/2CH4O.H3N.2H2O.Ti/c2*1-2;;;;/h2*2H,1H3;1H3;2*1H2;. The topological polar surface area (TPSA) is 138 Å². The summed E-state index contributed by atoms with van der Waals surface area (Å²) < 4.78 is 0. The van der Waals surface area contributed by atoms with Crippen molar-refractivity contribution < 1.29 is 42.9 Å². The van der Waals surface area contributed by atoms with Gasteiger partial charge in [0.1, 0.15) is 0 Å². The van der Waals surface area contributed by atoms with Gasteiger partial charge in [0, 0.05) is 35.9 Å². The van der Waals surface area contributed by atoms with Gasteiger partial charge in [-0.2, -0.15) is 0 Å². The molecule has 5 nitrogen and oxygen atoms in total. The van der Waals surface area contributed by atoms with Gasteiger partial charge >= 0.3 is 0 Å². The second-order valence-corrected chi connectivity index (χ2v) is 0. The molecule has 56 valence electrons. The average molecular weight is 165 g/mol. The molecule has 0 aliphatic carbocycles. The molecule has 0 bridgehead atoms. The maximum atomic E-state index is 7.00. The van der Waals surface area contributed by atoms with Gasteiger partial charge in [0.15, 0.2) is 0 Å². The molecule has 0 aromatic carbocycles. The molecule has 0 saturated heterocycles. The summed E-state index contributed by atoms with van der Waals surface area (Å²) in [5.41, 5.74) is 0. The second kappa shape index (κ2) is 1210. The first-order valence-corrected chi connectivity index (χ1v) is 0.894. The summed E-state index contributed by atoms with van der Waals surface area (Å²) in [4.78, 5) is 0. The van der Waals surface area contributed by atoms with Gasteiger partial charge in [-0.1, -0.05) is 0 Å². The first-order chi connectivity index (χ1) is 2.00. The Morgan fingerprint density at radius 1 is 0.750 bits per heavy atom. The largest absolute Gasteiger partial charge is 0.412 e. The Morgan fingerprint density at radius 2 is 0.750 bits per heavy atom. The quantitative estimate of drug-likeness (QED) is 0.348. The first-order valence-electron chi connectivity index (χ1n) is 0.894. The van der Waals surface area contributed by atoms with E-state index in [2.05, 4.69) is 0 Å². The molecule has 0 saturated carbocycles. The van der Waals surface area contributed by atoms with Crippen LogP contribution in [0.4, 0.5) is 0 Å². The zero-order valence-electron chi connectivity index (χ0n) is 5.10. The summed E-state index contributed by atoms with van der Waals surface area (Å²) in [6.45, 7) is 0. The van der Waals surface area contributed by atoms with Crippen LogP contribution in [0.1, 0.15) is 0 Å². The van der Waals surface area contributed by atoms with E-state index < -0.39 is 0 Å². The normalized spacial score (nSPS) is 1.50. The molecule has 0 fully saturated rings. The van der Waals surface area contributed by atoms with E-state index in [9.17, 15) is 0 Å². The summed E-state index contributed by atoms with van der Waals surface area (Å²) in [6, 6.07) is 0. The molecule has 9 N–H and O–H groups in total.